The van der Waals surface area contributed by atoms with Crippen molar-refractivity contribution in [3.05, 3.63) is 62.8 Å². The molecule has 3 rings (SSSR count). The van der Waals surface area contributed by atoms with E-state index in [4.69, 9.17) is 0 Å². The number of anilines is 1. The Morgan fingerprint density at radius 1 is 1.19 bits per heavy atom. The lowest BCUT2D eigenvalue weighted by atomic mass is 10.2. The molecule has 0 aromatic heterocycles. The molecule has 1 amide bonds. The molecule has 0 spiro atoms. The lowest BCUT2D eigenvalue weighted by molar-refractivity contribution is -0.115. The number of rotatable bonds is 2. The molecule has 2 aromatic rings. The minimum absolute atomic E-state index is 0.00769. The molecule has 1 aliphatic rings. The largest absolute Gasteiger partial charge is 0.295 e. The van der Waals surface area contributed by atoms with Gasteiger partial charge in [-0.1, -0.05) is 28.1 Å². The van der Waals surface area contributed by atoms with Crippen LogP contribution in [0.1, 0.15) is 10.9 Å². The van der Waals surface area contributed by atoms with Crippen LogP contribution in [-0.4, -0.2) is 11.7 Å². The van der Waals surface area contributed by atoms with Gasteiger partial charge in [-0.25, -0.2) is 4.39 Å². The molecule has 1 heterocycles. The highest BCUT2D eigenvalue weighted by molar-refractivity contribution is 9.10. The van der Waals surface area contributed by atoms with E-state index in [0.29, 0.717) is 15.9 Å². The second kappa shape index (κ2) is 6.10. The number of carbonyl (C=O) groups is 1. The maximum atomic E-state index is 13.8. The van der Waals surface area contributed by atoms with Gasteiger partial charge < -0.3 is 0 Å². The summed E-state index contributed by atoms with van der Waals surface area (Å²) in [5, 5.41) is -0.129. The molecule has 1 saturated heterocycles. The van der Waals surface area contributed by atoms with Crippen molar-refractivity contribution in [1.82, 2.24) is 0 Å². The fourth-order valence-corrected chi connectivity index (χ4v) is 4.08. The Morgan fingerprint density at radius 2 is 2.00 bits per heavy atom. The van der Waals surface area contributed by atoms with Crippen molar-refractivity contribution in [3.63, 3.8) is 0 Å². The normalized spacial score (nSPS) is 18.3. The van der Waals surface area contributed by atoms with Crippen LogP contribution in [-0.2, 0) is 4.79 Å². The van der Waals surface area contributed by atoms with Crippen LogP contribution < -0.4 is 4.90 Å². The molecular weight excluding hydrogens is 421 g/mol. The molecule has 0 saturated carbocycles. The summed E-state index contributed by atoms with van der Waals surface area (Å²) < 4.78 is 15.1. The van der Waals surface area contributed by atoms with Gasteiger partial charge in [0.2, 0.25) is 5.91 Å². The highest BCUT2D eigenvalue weighted by atomic mass is 79.9. The smallest absolute Gasteiger partial charge is 0.238 e. The van der Waals surface area contributed by atoms with E-state index in [0.717, 1.165) is 10.0 Å². The average molecular weight is 431 g/mol. The van der Waals surface area contributed by atoms with Gasteiger partial charge in [0.15, 0.2) is 0 Å². The van der Waals surface area contributed by atoms with E-state index >= 15 is 0 Å². The van der Waals surface area contributed by atoms with E-state index in [9.17, 15) is 9.18 Å². The van der Waals surface area contributed by atoms with Crippen molar-refractivity contribution in [2.75, 3.05) is 10.7 Å². The van der Waals surface area contributed by atoms with Crippen molar-refractivity contribution in [2.45, 2.75) is 5.37 Å². The van der Waals surface area contributed by atoms with Crippen molar-refractivity contribution in [2.24, 2.45) is 0 Å². The molecule has 0 aliphatic carbocycles. The van der Waals surface area contributed by atoms with Gasteiger partial charge in [0.05, 0.1) is 10.2 Å². The summed E-state index contributed by atoms with van der Waals surface area (Å²) in [6.07, 6.45) is 0. The third kappa shape index (κ3) is 3.03. The van der Waals surface area contributed by atoms with Gasteiger partial charge in [0.1, 0.15) is 11.2 Å². The molecular formula is C15H10Br2FNOS. The SMILES string of the molecule is O=C1CSC(c2cccc(Br)c2)N1c1ccc(Br)c(F)c1. The Labute approximate surface area is 143 Å². The number of hydrogen-bond donors (Lipinski definition) is 0. The highest BCUT2D eigenvalue weighted by Crippen LogP contribution is 2.42. The van der Waals surface area contributed by atoms with Gasteiger partial charge >= 0.3 is 0 Å². The lowest BCUT2D eigenvalue weighted by Gasteiger charge is -2.24. The van der Waals surface area contributed by atoms with Gasteiger partial charge in [-0.15, -0.1) is 11.8 Å². The zero-order valence-electron chi connectivity index (χ0n) is 10.7. The molecule has 21 heavy (non-hydrogen) atoms. The van der Waals surface area contributed by atoms with Crippen LogP contribution in [0.3, 0.4) is 0 Å². The third-order valence-electron chi connectivity index (χ3n) is 3.18. The van der Waals surface area contributed by atoms with Crippen LogP contribution in [0.25, 0.3) is 0 Å². The molecule has 0 bridgehead atoms. The molecule has 2 nitrogen and oxygen atoms in total. The Balaban J connectivity index is 2.01. The number of halogens is 3. The molecule has 6 heteroatoms. The minimum Gasteiger partial charge on any atom is -0.295 e. The summed E-state index contributed by atoms with van der Waals surface area (Å²) in [6.45, 7) is 0. The summed E-state index contributed by atoms with van der Waals surface area (Å²) >= 11 is 8.12. The van der Waals surface area contributed by atoms with Crippen LogP contribution in [0.4, 0.5) is 10.1 Å². The number of benzene rings is 2. The summed E-state index contributed by atoms with van der Waals surface area (Å²) in [5.41, 5.74) is 1.60. The van der Waals surface area contributed by atoms with Crippen molar-refractivity contribution in [3.8, 4) is 0 Å². The molecule has 0 radical (unpaired) electrons. The van der Waals surface area contributed by atoms with Crippen molar-refractivity contribution in [1.29, 1.82) is 0 Å². The third-order valence-corrected chi connectivity index (χ3v) is 5.53. The first kappa shape index (κ1) is 15.1. The Bertz CT molecular complexity index is 710. The average Bonchev–Trinajstić information content (AvgIpc) is 2.84. The van der Waals surface area contributed by atoms with E-state index in [-0.39, 0.29) is 17.1 Å². The van der Waals surface area contributed by atoms with Gasteiger partial charge in [0.25, 0.3) is 0 Å². The highest BCUT2D eigenvalue weighted by Gasteiger charge is 2.34. The molecule has 108 valence electrons. The van der Waals surface area contributed by atoms with Gasteiger partial charge in [-0.05, 0) is 51.8 Å². The molecule has 1 unspecified atom stereocenters. The molecule has 0 N–H and O–H groups in total. The maximum absolute atomic E-state index is 13.8. The monoisotopic (exact) mass is 429 g/mol. The predicted molar refractivity (Wildman–Crippen MR) is 90.9 cm³/mol. The Hall–Kier alpha value is -0.850. The summed E-state index contributed by atoms with van der Waals surface area (Å²) in [4.78, 5) is 13.9. The lowest BCUT2D eigenvalue weighted by Crippen LogP contribution is -2.27. The molecule has 2 aromatic carbocycles. The van der Waals surface area contributed by atoms with Gasteiger partial charge in [0, 0.05) is 10.2 Å². The van der Waals surface area contributed by atoms with Crippen molar-refractivity contribution >= 4 is 55.2 Å². The van der Waals surface area contributed by atoms with E-state index < -0.39 is 0 Å². The Morgan fingerprint density at radius 3 is 2.71 bits per heavy atom. The topological polar surface area (TPSA) is 20.3 Å². The first-order valence-electron chi connectivity index (χ1n) is 6.20. The van der Waals surface area contributed by atoms with Crippen LogP contribution in [0.5, 0.6) is 0 Å². The van der Waals surface area contributed by atoms with E-state index in [1.54, 1.807) is 28.8 Å². The van der Waals surface area contributed by atoms with Crippen LogP contribution >= 0.6 is 43.6 Å². The van der Waals surface area contributed by atoms with E-state index in [1.165, 1.54) is 6.07 Å². The minimum atomic E-state index is -0.370. The zero-order chi connectivity index (χ0) is 15.0. The quantitative estimate of drug-likeness (QED) is 0.658. The number of hydrogen-bond acceptors (Lipinski definition) is 2. The maximum Gasteiger partial charge on any atom is 0.238 e. The number of nitrogens with zero attached hydrogens (tertiary/aromatic N) is 1. The molecule has 1 atom stereocenters. The Kier molecular flexibility index (Phi) is 4.38. The first-order valence-corrected chi connectivity index (χ1v) is 8.84. The summed E-state index contributed by atoms with van der Waals surface area (Å²) in [6, 6.07) is 12.6. The second-order valence-corrected chi connectivity index (χ2v) is 7.42. The number of thioether (sulfide) groups is 1. The van der Waals surface area contributed by atoms with Crippen LogP contribution in [0, 0.1) is 5.82 Å². The fraction of sp³-hybridized carbons (Fsp3) is 0.133. The van der Waals surface area contributed by atoms with E-state index in [2.05, 4.69) is 31.9 Å². The van der Waals surface area contributed by atoms with Crippen LogP contribution in [0.2, 0.25) is 0 Å². The predicted octanol–water partition coefficient (Wildman–Crippen LogP) is 5.13. The van der Waals surface area contributed by atoms with Crippen molar-refractivity contribution < 1.29 is 9.18 Å². The standard InChI is InChI=1S/C15H10Br2FNOS/c16-10-3-1-2-9(6-10)15-19(14(20)8-21-15)11-4-5-12(17)13(18)7-11/h1-7,15H,8H2. The number of carbonyl (C=O) groups excluding carboxylic acids is 1. The summed E-state index contributed by atoms with van der Waals surface area (Å²) in [5.74, 6) is 0.0198. The fourth-order valence-electron chi connectivity index (χ4n) is 2.24. The summed E-state index contributed by atoms with van der Waals surface area (Å²) in [7, 11) is 0. The van der Waals surface area contributed by atoms with Crippen LogP contribution in [0.15, 0.2) is 51.4 Å². The zero-order valence-corrected chi connectivity index (χ0v) is 14.7. The first-order chi connectivity index (χ1) is 10.1. The van der Waals surface area contributed by atoms with Gasteiger partial charge in [-0.2, -0.15) is 0 Å². The molecule has 1 aliphatic heterocycles. The number of amides is 1. The molecule has 1 fully saturated rings. The van der Waals surface area contributed by atoms with Gasteiger partial charge in [-0.3, -0.25) is 9.69 Å². The second-order valence-electron chi connectivity index (χ2n) is 4.58. The van der Waals surface area contributed by atoms with E-state index in [1.807, 2.05) is 24.3 Å².